The standard InChI is InChI=1S/C27H27N3O4S/c1-34-21-14-12-20(13-15-21)28-27(33)29-23(18-19-8-4-2-5-9-19)25(32)30-17-16-24(31)26(30)35-22-10-6-3-7-11-22/h2-15,23,26H,16-18H2,1H3,(H2,28,29,33)/t23-,26?/m0/s1. The lowest BCUT2D eigenvalue weighted by molar-refractivity contribution is -0.134. The van der Waals surface area contributed by atoms with Crippen LogP contribution in [-0.2, 0) is 16.0 Å². The van der Waals surface area contributed by atoms with Crippen LogP contribution in [0.5, 0.6) is 5.75 Å². The first kappa shape index (κ1) is 24.3. The summed E-state index contributed by atoms with van der Waals surface area (Å²) < 4.78 is 5.15. The van der Waals surface area contributed by atoms with Gasteiger partial charge in [-0.05, 0) is 42.0 Å². The van der Waals surface area contributed by atoms with Gasteiger partial charge in [-0.15, -0.1) is 0 Å². The number of hydrogen-bond donors (Lipinski definition) is 2. The third-order valence-electron chi connectivity index (χ3n) is 5.67. The summed E-state index contributed by atoms with van der Waals surface area (Å²) in [6.07, 6.45) is 0.607. The van der Waals surface area contributed by atoms with Gasteiger partial charge in [0.05, 0.1) is 7.11 Å². The van der Waals surface area contributed by atoms with Gasteiger partial charge in [0.2, 0.25) is 5.91 Å². The maximum absolute atomic E-state index is 13.7. The number of anilines is 1. The summed E-state index contributed by atoms with van der Waals surface area (Å²) in [6.45, 7) is 0.329. The normalized spacial score (nSPS) is 16.0. The highest BCUT2D eigenvalue weighted by Gasteiger charge is 2.39. The largest absolute Gasteiger partial charge is 0.497 e. The van der Waals surface area contributed by atoms with E-state index in [9.17, 15) is 14.4 Å². The number of methoxy groups -OCH3 is 1. The van der Waals surface area contributed by atoms with Crippen molar-refractivity contribution in [2.24, 2.45) is 0 Å². The van der Waals surface area contributed by atoms with Crippen molar-refractivity contribution >= 4 is 35.2 Å². The zero-order valence-corrected chi connectivity index (χ0v) is 20.2. The fraction of sp³-hybridized carbons (Fsp3) is 0.222. The highest BCUT2D eigenvalue weighted by atomic mass is 32.2. The lowest BCUT2D eigenvalue weighted by Crippen LogP contribution is -2.52. The Morgan fingerprint density at radius 2 is 1.66 bits per heavy atom. The summed E-state index contributed by atoms with van der Waals surface area (Å²) in [6, 6.07) is 24.6. The van der Waals surface area contributed by atoms with Crippen LogP contribution in [0.25, 0.3) is 0 Å². The van der Waals surface area contributed by atoms with Crippen molar-refractivity contribution < 1.29 is 19.1 Å². The van der Waals surface area contributed by atoms with Gasteiger partial charge >= 0.3 is 6.03 Å². The molecule has 3 amide bonds. The van der Waals surface area contributed by atoms with Crippen LogP contribution in [-0.4, -0.2) is 47.7 Å². The number of ether oxygens (including phenoxy) is 1. The van der Waals surface area contributed by atoms with E-state index in [-0.39, 0.29) is 11.7 Å². The molecular formula is C27H27N3O4S. The molecule has 2 atom stereocenters. The number of ketones is 1. The van der Waals surface area contributed by atoms with Gasteiger partial charge in [-0.2, -0.15) is 0 Å². The lowest BCUT2D eigenvalue weighted by atomic mass is 10.0. The Morgan fingerprint density at radius 1 is 1.00 bits per heavy atom. The average molecular weight is 490 g/mol. The first-order valence-electron chi connectivity index (χ1n) is 11.3. The number of hydrogen-bond acceptors (Lipinski definition) is 5. The fourth-order valence-corrected chi connectivity index (χ4v) is 5.04. The van der Waals surface area contributed by atoms with Gasteiger partial charge in [-0.1, -0.05) is 60.3 Å². The van der Waals surface area contributed by atoms with Crippen LogP contribution in [0, 0.1) is 0 Å². The molecule has 180 valence electrons. The van der Waals surface area contributed by atoms with Crippen LogP contribution >= 0.6 is 11.8 Å². The van der Waals surface area contributed by atoms with Crippen LogP contribution < -0.4 is 15.4 Å². The van der Waals surface area contributed by atoms with Crippen molar-refractivity contribution in [1.82, 2.24) is 10.2 Å². The first-order chi connectivity index (χ1) is 17.0. The zero-order chi connectivity index (χ0) is 24.6. The number of likely N-dealkylation sites (tertiary alicyclic amines) is 1. The van der Waals surface area contributed by atoms with Crippen molar-refractivity contribution in [3.8, 4) is 5.75 Å². The molecule has 0 bridgehead atoms. The number of amides is 3. The van der Waals surface area contributed by atoms with Gasteiger partial charge in [0, 0.05) is 30.0 Å². The molecule has 3 aromatic carbocycles. The Balaban J connectivity index is 1.51. The molecule has 2 N–H and O–H groups in total. The van der Waals surface area contributed by atoms with Gasteiger partial charge in [0.25, 0.3) is 0 Å². The van der Waals surface area contributed by atoms with Gasteiger partial charge in [-0.25, -0.2) is 4.79 Å². The molecule has 1 aliphatic heterocycles. The average Bonchev–Trinajstić information content (AvgIpc) is 3.24. The number of nitrogens with zero attached hydrogens (tertiary/aromatic N) is 1. The summed E-state index contributed by atoms with van der Waals surface area (Å²) in [5, 5.41) is 4.98. The van der Waals surface area contributed by atoms with E-state index in [0.29, 0.717) is 30.8 Å². The summed E-state index contributed by atoms with van der Waals surface area (Å²) in [5.74, 6) is 0.403. The highest BCUT2D eigenvalue weighted by molar-refractivity contribution is 8.00. The van der Waals surface area contributed by atoms with Crippen molar-refractivity contribution in [2.45, 2.75) is 29.2 Å². The predicted molar refractivity (Wildman–Crippen MR) is 137 cm³/mol. The number of rotatable bonds is 8. The molecule has 0 radical (unpaired) electrons. The monoisotopic (exact) mass is 489 g/mol. The zero-order valence-electron chi connectivity index (χ0n) is 19.3. The fourth-order valence-electron chi connectivity index (χ4n) is 3.88. The molecule has 1 aliphatic rings. The second kappa shape index (κ2) is 11.6. The second-order valence-electron chi connectivity index (χ2n) is 8.10. The highest BCUT2D eigenvalue weighted by Crippen LogP contribution is 2.31. The van der Waals surface area contributed by atoms with E-state index in [2.05, 4.69) is 10.6 Å². The molecule has 35 heavy (non-hydrogen) atoms. The number of nitrogens with one attached hydrogen (secondary N) is 2. The quantitative estimate of drug-likeness (QED) is 0.491. The molecule has 0 aliphatic carbocycles. The molecule has 1 saturated heterocycles. The second-order valence-corrected chi connectivity index (χ2v) is 9.25. The van der Waals surface area contributed by atoms with Crippen molar-refractivity contribution in [3.63, 3.8) is 0 Å². The number of urea groups is 1. The maximum atomic E-state index is 13.7. The topological polar surface area (TPSA) is 87.7 Å². The van der Waals surface area contributed by atoms with Gasteiger partial charge in [-0.3, -0.25) is 9.59 Å². The Hall–Kier alpha value is -3.78. The molecule has 3 aromatic rings. The minimum Gasteiger partial charge on any atom is -0.497 e. The van der Waals surface area contributed by atoms with E-state index in [4.69, 9.17) is 4.74 Å². The smallest absolute Gasteiger partial charge is 0.319 e. The van der Waals surface area contributed by atoms with E-state index < -0.39 is 17.4 Å². The summed E-state index contributed by atoms with van der Waals surface area (Å²) >= 11 is 1.36. The summed E-state index contributed by atoms with van der Waals surface area (Å²) in [4.78, 5) is 41.7. The Morgan fingerprint density at radius 3 is 2.31 bits per heavy atom. The minimum atomic E-state index is -0.833. The van der Waals surface area contributed by atoms with Gasteiger partial charge in [0.1, 0.15) is 17.2 Å². The minimum absolute atomic E-state index is 0.00773. The number of thioether (sulfide) groups is 1. The maximum Gasteiger partial charge on any atom is 0.319 e. The Labute approximate surface area is 208 Å². The lowest BCUT2D eigenvalue weighted by Gasteiger charge is -2.28. The van der Waals surface area contributed by atoms with Crippen LogP contribution in [0.15, 0.2) is 89.8 Å². The van der Waals surface area contributed by atoms with Gasteiger partial charge < -0.3 is 20.3 Å². The molecule has 1 heterocycles. The summed E-state index contributed by atoms with van der Waals surface area (Å²) in [5.41, 5.74) is 1.48. The van der Waals surface area contributed by atoms with Crippen LogP contribution in [0.4, 0.5) is 10.5 Å². The predicted octanol–water partition coefficient (Wildman–Crippen LogP) is 4.35. The van der Waals surface area contributed by atoms with E-state index in [0.717, 1.165) is 10.5 Å². The molecule has 8 heteroatoms. The molecule has 7 nitrogen and oxygen atoms in total. The van der Waals surface area contributed by atoms with E-state index in [1.807, 2.05) is 60.7 Å². The van der Waals surface area contributed by atoms with E-state index >= 15 is 0 Å². The SMILES string of the molecule is COc1ccc(NC(=O)N[C@@H](Cc2ccccc2)C(=O)N2CCC(=O)C2Sc2ccccc2)cc1. The summed E-state index contributed by atoms with van der Waals surface area (Å²) in [7, 11) is 1.57. The van der Waals surface area contributed by atoms with Crippen molar-refractivity contribution in [2.75, 3.05) is 19.0 Å². The molecule has 1 unspecified atom stereocenters. The van der Waals surface area contributed by atoms with Crippen molar-refractivity contribution in [3.05, 3.63) is 90.5 Å². The van der Waals surface area contributed by atoms with Crippen LogP contribution in [0.3, 0.4) is 0 Å². The number of benzene rings is 3. The number of Topliss-reactive ketones (excluding diaryl/α,β-unsaturated/α-hetero) is 1. The molecule has 1 fully saturated rings. The molecular weight excluding hydrogens is 462 g/mol. The van der Waals surface area contributed by atoms with Crippen LogP contribution in [0.1, 0.15) is 12.0 Å². The van der Waals surface area contributed by atoms with E-state index in [1.165, 1.54) is 11.8 Å². The Kier molecular flexibility index (Phi) is 8.05. The first-order valence-corrected chi connectivity index (χ1v) is 12.2. The number of carbonyl (C=O) groups is 3. The molecule has 0 saturated carbocycles. The van der Waals surface area contributed by atoms with Crippen LogP contribution in [0.2, 0.25) is 0 Å². The third kappa shape index (κ3) is 6.42. The van der Waals surface area contributed by atoms with E-state index in [1.54, 1.807) is 36.3 Å². The van der Waals surface area contributed by atoms with Gasteiger partial charge in [0.15, 0.2) is 5.78 Å². The molecule has 0 aromatic heterocycles. The molecule has 4 rings (SSSR count). The number of carbonyl (C=O) groups excluding carboxylic acids is 3. The molecule has 0 spiro atoms. The Bertz CT molecular complexity index is 1160. The third-order valence-corrected chi connectivity index (χ3v) is 6.95. The van der Waals surface area contributed by atoms with Crippen molar-refractivity contribution in [1.29, 1.82) is 0 Å².